The van der Waals surface area contributed by atoms with Crippen molar-refractivity contribution in [1.29, 1.82) is 0 Å². The van der Waals surface area contributed by atoms with Crippen molar-refractivity contribution in [1.82, 2.24) is 4.98 Å². The lowest BCUT2D eigenvalue weighted by Crippen LogP contribution is -2.31. The summed E-state index contributed by atoms with van der Waals surface area (Å²) < 4.78 is 0. The number of carbonyl (C=O) groups is 1. The van der Waals surface area contributed by atoms with Gasteiger partial charge in [-0.15, -0.1) is 0 Å². The Morgan fingerprint density at radius 1 is 1.30 bits per heavy atom. The maximum absolute atomic E-state index is 12.3. The number of rotatable bonds is 2. The van der Waals surface area contributed by atoms with E-state index in [0.717, 1.165) is 25.7 Å². The minimum absolute atomic E-state index is 0.0537. The van der Waals surface area contributed by atoms with Crippen LogP contribution in [0, 0.1) is 17.3 Å². The van der Waals surface area contributed by atoms with Crippen molar-refractivity contribution in [2.45, 2.75) is 46.5 Å². The Hall–Kier alpha value is -1.09. The number of aromatic nitrogens is 1. The molecule has 20 heavy (non-hydrogen) atoms. The van der Waals surface area contributed by atoms with Crippen molar-refractivity contribution in [3.05, 3.63) is 23.4 Å². The zero-order valence-electron chi connectivity index (χ0n) is 12.4. The Morgan fingerprint density at radius 3 is 2.50 bits per heavy atom. The predicted molar refractivity (Wildman–Crippen MR) is 82.8 cm³/mol. The number of amides is 1. The Morgan fingerprint density at radius 2 is 1.95 bits per heavy atom. The van der Waals surface area contributed by atoms with E-state index in [0.29, 0.717) is 22.2 Å². The number of pyridine rings is 1. The molecule has 0 bridgehead atoms. The largest absolute Gasteiger partial charge is 0.309 e. The summed E-state index contributed by atoms with van der Waals surface area (Å²) in [5.74, 6) is 1.33. The predicted octanol–water partition coefficient (Wildman–Crippen LogP) is 4.53. The zero-order chi connectivity index (χ0) is 14.8. The second kappa shape index (κ2) is 6.13. The Labute approximate surface area is 126 Å². The van der Waals surface area contributed by atoms with Gasteiger partial charge in [0.15, 0.2) is 5.82 Å². The summed E-state index contributed by atoms with van der Waals surface area (Å²) >= 11 is 6.01. The first kappa shape index (κ1) is 15.3. The number of nitrogens with zero attached hydrogens (tertiary/aromatic N) is 1. The van der Waals surface area contributed by atoms with Crippen molar-refractivity contribution in [2.24, 2.45) is 17.3 Å². The standard InChI is InChI=1S/C16H23ClN2O/c1-16(2,3)12-8-6-11(7-9-12)15(20)19-14-13(17)5-4-10-18-14/h4-5,10-12H,6-9H2,1-3H3,(H,18,19,20). The summed E-state index contributed by atoms with van der Waals surface area (Å²) in [4.78, 5) is 16.4. The molecule has 1 aromatic rings. The van der Waals surface area contributed by atoms with Crippen molar-refractivity contribution in [3.63, 3.8) is 0 Å². The molecule has 0 radical (unpaired) electrons. The Kier molecular flexibility index (Phi) is 4.69. The molecule has 1 fully saturated rings. The van der Waals surface area contributed by atoms with E-state index in [1.165, 1.54) is 0 Å². The van der Waals surface area contributed by atoms with E-state index in [1.54, 1.807) is 18.3 Å². The maximum atomic E-state index is 12.3. The van der Waals surface area contributed by atoms with E-state index in [4.69, 9.17) is 11.6 Å². The van der Waals surface area contributed by atoms with Crippen LogP contribution in [0.2, 0.25) is 5.02 Å². The molecule has 0 spiro atoms. The fraction of sp³-hybridized carbons (Fsp3) is 0.625. The molecule has 1 heterocycles. The van der Waals surface area contributed by atoms with Crippen LogP contribution in [-0.2, 0) is 4.79 Å². The molecule has 0 saturated heterocycles. The number of nitrogens with one attached hydrogen (secondary N) is 1. The lowest BCUT2D eigenvalue weighted by atomic mass is 9.69. The molecule has 0 atom stereocenters. The molecular weight excluding hydrogens is 272 g/mol. The van der Waals surface area contributed by atoms with Crippen molar-refractivity contribution < 1.29 is 4.79 Å². The van der Waals surface area contributed by atoms with Crippen molar-refractivity contribution in [3.8, 4) is 0 Å². The molecule has 4 heteroatoms. The molecule has 1 aliphatic rings. The van der Waals surface area contributed by atoms with Crippen LogP contribution in [0.4, 0.5) is 5.82 Å². The molecule has 1 N–H and O–H groups in total. The van der Waals surface area contributed by atoms with Gasteiger partial charge in [0.05, 0.1) is 5.02 Å². The van der Waals surface area contributed by atoms with Gasteiger partial charge in [0, 0.05) is 12.1 Å². The second-order valence-corrected chi connectivity index (χ2v) is 7.14. The van der Waals surface area contributed by atoms with Gasteiger partial charge in [-0.05, 0) is 49.1 Å². The van der Waals surface area contributed by atoms with Crippen molar-refractivity contribution in [2.75, 3.05) is 5.32 Å². The Bertz CT molecular complexity index is 474. The van der Waals surface area contributed by atoms with Gasteiger partial charge < -0.3 is 5.32 Å². The molecule has 3 nitrogen and oxygen atoms in total. The molecule has 1 saturated carbocycles. The minimum atomic E-state index is 0.0537. The van der Waals surface area contributed by atoms with E-state index >= 15 is 0 Å². The van der Waals surface area contributed by atoms with Crippen LogP contribution in [0.25, 0.3) is 0 Å². The summed E-state index contributed by atoms with van der Waals surface area (Å²) in [6, 6.07) is 3.49. The van der Waals surface area contributed by atoms with E-state index in [1.807, 2.05) is 0 Å². The average Bonchev–Trinajstić information content (AvgIpc) is 2.40. The maximum Gasteiger partial charge on any atom is 0.228 e. The van der Waals surface area contributed by atoms with Gasteiger partial charge >= 0.3 is 0 Å². The molecule has 2 rings (SSSR count). The summed E-state index contributed by atoms with van der Waals surface area (Å²) in [7, 11) is 0. The number of carbonyl (C=O) groups excluding carboxylic acids is 1. The topological polar surface area (TPSA) is 42.0 Å². The third-order valence-corrected chi connectivity index (χ3v) is 4.63. The monoisotopic (exact) mass is 294 g/mol. The summed E-state index contributed by atoms with van der Waals surface area (Å²) in [5, 5.41) is 3.34. The van der Waals surface area contributed by atoms with Gasteiger partial charge in [-0.1, -0.05) is 32.4 Å². The lowest BCUT2D eigenvalue weighted by Gasteiger charge is -2.36. The summed E-state index contributed by atoms with van der Waals surface area (Å²) in [6.07, 6.45) is 5.80. The zero-order valence-corrected chi connectivity index (χ0v) is 13.2. The first-order valence-electron chi connectivity index (χ1n) is 7.29. The van der Waals surface area contributed by atoms with E-state index in [9.17, 15) is 4.79 Å². The van der Waals surface area contributed by atoms with Crippen LogP contribution in [0.15, 0.2) is 18.3 Å². The van der Waals surface area contributed by atoms with Gasteiger partial charge in [-0.2, -0.15) is 0 Å². The summed E-state index contributed by atoms with van der Waals surface area (Å²) in [6.45, 7) is 6.85. The van der Waals surface area contributed by atoms with Gasteiger partial charge in [0.2, 0.25) is 5.91 Å². The average molecular weight is 295 g/mol. The quantitative estimate of drug-likeness (QED) is 0.871. The number of hydrogen-bond acceptors (Lipinski definition) is 2. The third-order valence-electron chi connectivity index (χ3n) is 4.32. The highest BCUT2D eigenvalue weighted by atomic mass is 35.5. The van der Waals surface area contributed by atoms with Crippen LogP contribution in [0.3, 0.4) is 0 Å². The smallest absolute Gasteiger partial charge is 0.228 e. The fourth-order valence-electron chi connectivity index (χ4n) is 2.92. The van der Waals surface area contributed by atoms with Gasteiger partial charge in [0.25, 0.3) is 0 Å². The number of anilines is 1. The van der Waals surface area contributed by atoms with Crippen molar-refractivity contribution >= 4 is 23.3 Å². The SMILES string of the molecule is CC(C)(C)C1CCC(C(=O)Nc2ncccc2Cl)CC1. The van der Waals surface area contributed by atoms with Crippen LogP contribution < -0.4 is 5.32 Å². The normalized spacial score (nSPS) is 23.4. The molecule has 1 aromatic heterocycles. The first-order chi connectivity index (χ1) is 9.38. The Balaban J connectivity index is 1.91. The van der Waals surface area contributed by atoms with Crippen LogP contribution in [0.1, 0.15) is 46.5 Å². The highest BCUT2D eigenvalue weighted by Crippen LogP contribution is 2.40. The molecule has 0 aromatic carbocycles. The van der Waals surface area contributed by atoms with Crippen LogP contribution in [0.5, 0.6) is 0 Å². The fourth-order valence-corrected chi connectivity index (χ4v) is 3.09. The summed E-state index contributed by atoms with van der Waals surface area (Å²) in [5.41, 5.74) is 0.339. The molecule has 1 amide bonds. The van der Waals surface area contributed by atoms with Crippen LogP contribution >= 0.6 is 11.6 Å². The number of hydrogen-bond donors (Lipinski definition) is 1. The van der Waals surface area contributed by atoms with Gasteiger partial charge in [0.1, 0.15) is 0 Å². The molecular formula is C16H23ClN2O. The minimum Gasteiger partial charge on any atom is -0.309 e. The highest BCUT2D eigenvalue weighted by Gasteiger charge is 2.32. The number of halogens is 1. The van der Waals surface area contributed by atoms with E-state index in [-0.39, 0.29) is 11.8 Å². The molecule has 110 valence electrons. The van der Waals surface area contributed by atoms with Gasteiger partial charge in [-0.25, -0.2) is 4.98 Å². The first-order valence-corrected chi connectivity index (χ1v) is 7.67. The van der Waals surface area contributed by atoms with E-state index in [2.05, 4.69) is 31.1 Å². The highest BCUT2D eigenvalue weighted by molar-refractivity contribution is 6.33. The van der Waals surface area contributed by atoms with E-state index < -0.39 is 0 Å². The third kappa shape index (κ3) is 3.72. The molecule has 1 aliphatic carbocycles. The lowest BCUT2D eigenvalue weighted by molar-refractivity contribution is -0.121. The van der Waals surface area contributed by atoms with Crippen LogP contribution in [-0.4, -0.2) is 10.9 Å². The van der Waals surface area contributed by atoms with Gasteiger partial charge in [-0.3, -0.25) is 4.79 Å². The molecule has 0 aliphatic heterocycles. The molecule has 0 unspecified atom stereocenters. The second-order valence-electron chi connectivity index (χ2n) is 6.74.